The van der Waals surface area contributed by atoms with Gasteiger partial charge in [-0.25, -0.2) is 0 Å². The van der Waals surface area contributed by atoms with Crippen molar-refractivity contribution in [2.24, 2.45) is 11.3 Å². The van der Waals surface area contributed by atoms with Crippen LogP contribution >= 0.6 is 0 Å². The van der Waals surface area contributed by atoms with E-state index in [-0.39, 0.29) is 11.6 Å². The van der Waals surface area contributed by atoms with Crippen molar-refractivity contribution in [1.82, 2.24) is 0 Å². The number of carbonyl (C=O) groups is 1. The zero-order chi connectivity index (χ0) is 13.1. The Morgan fingerprint density at radius 2 is 1.94 bits per heavy atom. The van der Waals surface area contributed by atoms with E-state index in [4.69, 9.17) is 4.74 Å². The molecule has 0 N–H and O–H groups in total. The summed E-state index contributed by atoms with van der Waals surface area (Å²) in [6, 6.07) is 0. The fourth-order valence-corrected chi connectivity index (χ4v) is 2.75. The first-order valence-electron chi connectivity index (χ1n) is 6.68. The molecule has 0 atom stereocenters. The van der Waals surface area contributed by atoms with E-state index in [0.29, 0.717) is 5.92 Å². The molecule has 17 heavy (non-hydrogen) atoms. The van der Waals surface area contributed by atoms with E-state index in [1.165, 1.54) is 0 Å². The van der Waals surface area contributed by atoms with Crippen molar-refractivity contribution < 1.29 is 9.53 Å². The lowest BCUT2D eigenvalue weighted by Gasteiger charge is -2.32. The lowest BCUT2D eigenvalue weighted by atomic mass is 9.84. The minimum Gasteiger partial charge on any atom is -0.454 e. The summed E-state index contributed by atoms with van der Waals surface area (Å²) in [5.41, 5.74) is -0.780. The molecule has 0 spiro atoms. The van der Waals surface area contributed by atoms with Crippen molar-refractivity contribution in [3.8, 4) is 0 Å². The molecule has 0 aromatic carbocycles. The zero-order valence-electron chi connectivity index (χ0n) is 11.7. The third kappa shape index (κ3) is 3.58. The highest BCUT2D eigenvalue weighted by atomic mass is 16.6. The molecular weight excluding hydrogens is 212 g/mol. The molecule has 0 amide bonds. The van der Waals surface area contributed by atoms with Crippen LogP contribution in [0.5, 0.6) is 0 Å². The Morgan fingerprint density at radius 3 is 2.35 bits per heavy atom. The van der Waals surface area contributed by atoms with Crippen molar-refractivity contribution in [1.29, 1.82) is 0 Å². The van der Waals surface area contributed by atoms with Gasteiger partial charge >= 0.3 is 5.97 Å². The standard InChI is InChI=1S/C15H26O2/c1-6-15(9-7-8-10-15)17-13(16)14(4,5)11-12(2)3/h6,12H,1,7-11H2,2-5H3. The van der Waals surface area contributed by atoms with Crippen LogP contribution in [-0.4, -0.2) is 11.6 Å². The topological polar surface area (TPSA) is 26.3 Å². The molecule has 1 fully saturated rings. The van der Waals surface area contributed by atoms with E-state index in [1.54, 1.807) is 0 Å². The summed E-state index contributed by atoms with van der Waals surface area (Å²) in [5.74, 6) is 0.425. The predicted molar refractivity (Wildman–Crippen MR) is 70.7 cm³/mol. The van der Waals surface area contributed by atoms with E-state index in [9.17, 15) is 4.79 Å². The van der Waals surface area contributed by atoms with E-state index in [2.05, 4.69) is 20.4 Å². The van der Waals surface area contributed by atoms with Gasteiger partial charge in [0.25, 0.3) is 0 Å². The van der Waals surface area contributed by atoms with Crippen LogP contribution in [0.3, 0.4) is 0 Å². The van der Waals surface area contributed by atoms with Crippen LogP contribution in [-0.2, 0) is 9.53 Å². The molecule has 98 valence electrons. The molecule has 1 saturated carbocycles. The van der Waals surface area contributed by atoms with Crippen molar-refractivity contribution in [3.05, 3.63) is 12.7 Å². The van der Waals surface area contributed by atoms with Crippen LogP contribution in [0.2, 0.25) is 0 Å². The van der Waals surface area contributed by atoms with E-state index in [0.717, 1.165) is 32.1 Å². The van der Waals surface area contributed by atoms with Gasteiger partial charge in [-0.05, 0) is 57.9 Å². The quantitative estimate of drug-likeness (QED) is 0.532. The molecule has 0 unspecified atom stereocenters. The van der Waals surface area contributed by atoms with Gasteiger partial charge in [0.05, 0.1) is 5.41 Å². The number of rotatable bonds is 5. The summed E-state index contributed by atoms with van der Waals surface area (Å²) in [6.45, 7) is 12.0. The van der Waals surface area contributed by atoms with Crippen molar-refractivity contribution in [2.45, 2.75) is 65.4 Å². The van der Waals surface area contributed by atoms with Gasteiger partial charge in [0.2, 0.25) is 0 Å². The lowest BCUT2D eigenvalue weighted by Crippen LogP contribution is -2.37. The second-order valence-corrected chi connectivity index (χ2v) is 6.35. The average molecular weight is 238 g/mol. The van der Waals surface area contributed by atoms with E-state index in [1.807, 2.05) is 19.9 Å². The molecule has 2 nitrogen and oxygen atoms in total. The highest BCUT2D eigenvalue weighted by Crippen LogP contribution is 2.37. The molecule has 0 heterocycles. The van der Waals surface area contributed by atoms with Crippen LogP contribution in [0.15, 0.2) is 12.7 Å². The van der Waals surface area contributed by atoms with Gasteiger partial charge in [-0.1, -0.05) is 20.4 Å². The number of ether oxygens (including phenoxy) is 1. The van der Waals surface area contributed by atoms with E-state index >= 15 is 0 Å². The molecule has 1 aliphatic rings. The SMILES string of the molecule is C=CC1(OC(=O)C(C)(C)CC(C)C)CCCC1. The first kappa shape index (κ1) is 14.3. The maximum absolute atomic E-state index is 12.3. The second-order valence-electron chi connectivity index (χ2n) is 6.35. The molecule has 0 bridgehead atoms. The Kier molecular flexibility index (Phi) is 4.40. The van der Waals surface area contributed by atoms with Gasteiger partial charge < -0.3 is 4.74 Å². The second kappa shape index (κ2) is 5.24. The molecular formula is C15H26O2. The van der Waals surface area contributed by atoms with Gasteiger partial charge in [0, 0.05) is 0 Å². The maximum Gasteiger partial charge on any atom is 0.312 e. The molecule has 0 radical (unpaired) electrons. The predicted octanol–water partition coefficient (Wildman–Crippen LogP) is 4.10. The Morgan fingerprint density at radius 1 is 1.41 bits per heavy atom. The minimum absolute atomic E-state index is 0.0759. The number of carbonyl (C=O) groups excluding carboxylic acids is 1. The summed E-state index contributed by atoms with van der Waals surface area (Å²) in [5, 5.41) is 0. The monoisotopic (exact) mass is 238 g/mol. The largest absolute Gasteiger partial charge is 0.454 e. The van der Waals surface area contributed by atoms with Crippen LogP contribution in [0.4, 0.5) is 0 Å². The summed E-state index contributed by atoms with van der Waals surface area (Å²) in [4.78, 5) is 12.3. The van der Waals surface area contributed by atoms with Gasteiger partial charge in [0.15, 0.2) is 0 Å². The fraction of sp³-hybridized carbons (Fsp3) is 0.800. The molecule has 0 aromatic heterocycles. The zero-order valence-corrected chi connectivity index (χ0v) is 11.7. The van der Waals surface area contributed by atoms with Gasteiger partial charge in [0.1, 0.15) is 5.60 Å². The molecule has 0 aliphatic heterocycles. The van der Waals surface area contributed by atoms with Crippen molar-refractivity contribution >= 4 is 5.97 Å². The molecule has 2 heteroatoms. The summed E-state index contributed by atoms with van der Waals surface area (Å²) in [6.07, 6.45) is 6.80. The third-order valence-corrected chi connectivity index (χ3v) is 3.59. The Labute approximate surface area is 105 Å². The Bertz CT molecular complexity index is 283. The summed E-state index contributed by atoms with van der Waals surface area (Å²) >= 11 is 0. The van der Waals surface area contributed by atoms with Crippen LogP contribution in [0.1, 0.15) is 59.8 Å². The number of hydrogen-bond acceptors (Lipinski definition) is 2. The highest BCUT2D eigenvalue weighted by Gasteiger charge is 2.39. The van der Waals surface area contributed by atoms with Gasteiger partial charge in [-0.2, -0.15) is 0 Å². The molecule has 0 saturated heterocycles. The average Bonchev–Trinajstić information content (AvgIpc) is 2.65. The first-order valence-corrected chi connectivity index (χ1v) is 6.68. The molecule has 1 rings (SSSR count). The van der Waals surface area contributed by atoms with Crippen molar-refractivity contribution in [3.63, 3.8) is 0 Å². The van der Waals surface area contributed by atoms with Crippen molar-refractivity contribution in [2.75, 3.05) is 0 Å². The van der Waals surface area contributed by atoms with Gasteiger partial charge in [-0.15, -0.1) is 0 Å². The fourth-order valence-electron chi connectivity index (χ4n) is 2.75. The smallest absolute Gasteiger partial charge is 0.312 e. The maximum atomic E-state index is 12.3. The normalized spacial score (nSPS) is 19.4. The Hall–Kier alpha value is -0.790. The number of esters is 1. The minimum atomic E-state index is -0.396. The lowest BCUT2D eigenvalue weighted by molar-refractivity contribution is -0.166. The van der Waals surface area contributed by atoms with Gasteiger partial charge in [-0.3, -0.25) is 4.79 Å². The van der Waals surface area contributed by atoms with Crippen LogP contribution < -0.4 is 0 Å². The van der Waals surface area contributed by atoms with Crippen LogP contribution in [0.25, 0.3) is 0 Å². The molecule has 0 aromatic rings. The Balaban J connectivity index is 2.67. The summed E-state index contributed by atoms with van der Waals surface area (Å²) < 4.78 is 5.76. The highest BCUT2D eigenvalue weighted by molar-refractivity contribution is 5.76. The molecule has 1 aliphatic carbocycles. The number of hydrogen-bond donors (Lipinski definition) is 0. The summed E-state index contributed by atoms with van der Waals surface area (Å²) in [7, 11) is 0. The first-order chi connectivity index (χ1) is 7.81. The van der Waals surface area contributed by atoms with Crippen LogP contribution in [0, 0.1) is 11.3 Å². The van der Waals surface area contributed by atoms with E-state index < -0.39 is 5.41 Å². The third-order valence-electron chi connectivity index (χ3n) is 3.59.